The lowest BCUT2D eigenvalue weighted by Gasteiger charge is -2.14. The van der Waals surface area contributed by atoms with E-state index in [-0.39, 0.29) is 17.0 Å². The van der Waals surface area contributed by atoms with E-state index in [1.165, 1.54) is 6.07 Å². The lowest BCUT2D eigenvalue weighted by atomic mass is 10.0. The summed E-state index contributed by atoms with van der Waals surface area (Å²) in [6.07, 6.45) is -0.696. The first-order valence-corrected chi connectivity index (χ1v) is 7.46. The molecular weight excluding hydrogens is 347 g/mol. The lowest BCUT2D eigenvalue weighted by molar-refractivity contribution is 0.170. The number of hydrogen-bond acceptors (Lipinski definition) is 2. The molecule has 3 nitrogen and oxygen atoms in total. The van der Waals surface area contributed by atoms with Crippen LogP contribution in [0.15, 0.2) is 22.7 Å². The molecule has 1 heterocycles. The minimum Gasteiger partial charge on any atom is -0.388 e. The molecule has 20 heavy (non-hydrogen) atoms. The fraction of sp³-hybridized carbons (Fsp3) is 0.357. The summed E-state index contributed by atoms with van der Waals surface area (Å²) in [4.78, 5) is 0. The third-order valence-corrected chi connectivity index (χ3v) is 4.50. The number of rotatable bonds is 4. The molecule has 1 aromatic carbocycles. The van der Waals surface area contributed by atoms with Gasteiger partial charge in [-0.2, -0.15) is 5.10 Å². The largest absolute Gasteiger partial charge is 0.388 e. The van der Waals surface area contributed by atoms with Crippen LogP contribution in [0.5, 0.6) is 0 Å². The van der Waals surface area contributed by atoms with Gasteiger partial charge in [-0.1, -0.05) is 23.7 Å². The fourth-order valence-corrected chi connectivity index (χ4v) is 2.76. The fourth-order valence-electron chi connectivity index (χ4n) is 2.13. The van der Waals surface area contributed by atoms with Crippen LogP contribution >= 0.6 is 27.5 Å². The molecular formula is C14H15BrClFN2O. The summed E-state index contributed by atoms with van der Waals surface area (Å²) in [6, 6.07) is 4.63. The molecule has 0 aliphatic heterocycles. The summed E-state index contributed by atoms with van der Waals surface area (Å²) in [5.74, 6) is -0.572. The van der Waals surface area contributed by atoms with Crippen LogP contribution in [0.25, 0.3) is 0 Å². The zero-order chi connectivity index (χ0) is 14.9. The summed E-state index contributed by atoms with van der Waals surface area (Å²) < 4.78 is 16.6. The zero-order valence-electron chi connectivity index (χ0n) is 11.2. The first-order valence-electron chi connectivity index (χ1n) is 6.29. The molecule has 1 atom stereocenters. The van der Waals surface area contributed by atoms with Crippen molar-refractivity contribution in [2.75, 3.05) is 0 Å². The number of benzene rings is 1. The Labute approximate surface area is 130 Å². The molecule has 0 fully saturated rings. The predicted octanol–water partition coefficient (Wildman–Crippen LogP) is 4.04. The third-order valence-electron chi connectivity index (χ3n) is 3.18. The van der Waals surface area contributed by atoms with E-state index >= 15 is 0 Å². The highest BCUT2D eigenvalue weighted by molar-refractivity contribution is 9.10. The normalized spacial score (nSPS) is 12.7. The van der Waals surface area contributed by atoms with E-state index in [0.29, 0.717) is 6.54 Å². The summed E-state index contributed by atoms with van der Waals surface area (Å²) in [5.41, 5.74) is 1.89. The Kier molecular flexibility index (Phi) is 4.83. The molecule has 108 valence electrons. The van der Waals surface area contributed by atoms with Gasteiger partial charge in [-0.15, -0.1) is 0 Å². The highest BCUT2D eigenvalue weighted by atomic mass is 79.9. The van der Waals surface area contributed by atoms with Gasteiger partial charge in [0.25, 0.3) is 0 Å². The number of hydrogen-bond donors (Lipinski definition) is 1. The third kappa shape index (κ3) is 2.90. The molecule has 0 saturated carbocycles. The smallest absolute Gasteiger partial charge is 0.147 e. The van der Waals surface area contributed by atoms with E-state index < -0.39 is 11.9 Å². The summed E-state index contributed by atoms with van der Waals surface area (Å²) in [7, 11) is 0. The Morgan fingerprint density at radius 1 is 1.50 bits per heavy atom. The second kappa shape index (κ2) is 6.24. The molecule has 1 unspecified atom stereocenters. The van der Waals surface area contributed by atoms with Crippen molar-refractivity contribution in [2.45, 2.75) is 32.9 Å². The van der Waals surface area contributed by atoms with Crippen molar-refractivity contribution in [3.63, 3.8) is 0 Å². The van der Waals surface area contributed by atoms with Crippen LogP contribution < -0.4 is 0 Å². The molecule has 0 saturated heterocycles. The van der Waals surface area contributed by atoms with Crippen molar-refractivity contribution in [2.24, 2.45) is 0 Å². The van der Waals surface area contributed by atoms with Crippen LogP contribution in [0.4, 0.5) is 4.39 Å². The van der Waals surface area contributed by atoms with Gasteiger partial charge >= 0.3 is 0 Å². The number of aromatic nitrogens is 2. The van der Waals surface area contributed by atoms with Crippen LogP contribution in [0.3, 0.4) is 0 Å². The molecule has 0 radical (unpaired) electrons. The summed E-state index contributed by atoms with van der Waals surface area (Å²) in [5, 5.41) is 14.6. The highest BCUT2D eigenvalue weighted by Crippen LogP contribution is 2.29. The van der Waals surface area contributed by atoms with Gasteiger partial charge in [0.15, 0.2) is 0 Å². The minimum atomic E-state index is -0.966. The maximum atomic E-state index is 13.9. The number of aliphatic hydroxyl groups is 1. The molecule has 1 aromatic heterocycles. The number of aryl methyl sites for hydroxylation is 2. The van der Waals surface area contributed by atoms with Gasteiger partial charge in [-0.25, -0.2) is 4.39 Å². The van der Waals surface area contributed by atoms with Gasteiger partial charge in [0.2, 0.25) is 0 Å². The van der Waals surface area contributed by atoms with Gasteiger partial charge in [0.1, 0.15) is 5.82 Å². The summed E-state index contributed by atoms with van der Waals surface area (Å²) >= 11 is 9.20. The van der Waals surface area contributed by atoms with Crippen LogP contribution in [-0.2, 0) is 13.0 Å². The molecule has 0 aliphatic carbocycles. The molecule has 0 bridgehead atoms. The van der Waals surface area contributed by atoms with Crippen molar-refractivity contribution >= 4 is 27.5 Å². The Balaban J connectivity index is 2.32. The van der Waals surface area contributed by atoms with E-state index in [1.54, 1.807) is 16.8 Å². The lowest BCUT2D eigenvalue weighted by Crippen LogP contribution is -2.10. The zero-order valence-corrected chi connectivity index (χ0v) is 13.5. The Bertz CT molecular complexity index is 630. The molecule has 0 aliphatic rings. The first-order chi connectivity index (χ1) is 9.45. The molecule has 2 aromatic rings. The average Bonchev–Trinajstić information content (AvgIpc) is 2.69. The van der Waals surface area contributed by atoms with Crippen LogP contribution in [0.1, 0.15) is 30.0 Å². The second-order valence-corrected chi connectivity index (χ2v) is 5.73. The van der Waals surface area contributed by atoms with Crippen LogP contribution in [0.2, 0.25) is 5.02 Å². The van der Waals surface area contributed by atoms with E-state index in [0.717, 1.165) is 15.9 Å². The van der Waals surface area contributed by atoms with E-state index in [2.05, 4.69) is 21.0 Å². The summed E-state index contributed by atoms with van der Waals surface area (Å²) in [6.45, 7) is 4.54. The Hall–Kier alpha value is -0.910. The predicted molar refractivity (Wildman–Crippen MR) is 80.4 cm³/mol. The number of aliphatic hydroxyl groups excluding tert-OH is 1. The SMILES string of the molecule is CCn1nc(C)c(Br)c1CC(O)c1cccc(Cl)c1F. The van der Waals surface area contributed by atoms with Crippen LogP contribution in [-0.4, -0.2) is 14.9 Å². The molecule has 0 amide bonds. The Morgan fingerprint density at radius 2 is 2.20 bits per heavy atom. The van der Waals surface area contributed by atoms with Gasteiger partial charge < -0.3 is 5.11 Å². The van der Waals surface area contributed by atoms with Gasteiger partial charge in [-0.3, -0.25) is 4.68 Å². The average molecular weight is 362 g/mol. The van der Waals surface area contributed by atoms with Crippen molar-refractivity contribution in [3.8, 4) is 0 Å². The number of nitrogens with zero attached hydrogens (tertiary/aromatic N) is 2. The van der Waals surface area contributed by atoms with Crippen molar-refractivity contribution < 1.29 is 9.50 Å². The van der Waals surface area contributed by atoms with E-state index in [4.69, 9.17) is 11.6 Å². The topological polar surface area (TPSA) is 38.0 Å². The van der Waals surface area contributed by atoms with Crippen molar-refractivity contribution in [3.05, 3.63) is 50.5 Å². The molecule has 2 rings (SSSR count). The highest BCUT2D eigenvalue weighted by Gasteiger charge is 2.20. The molecule has 0 spiro atoms. The molecule has 6 heteroatoms. The maximum absolute atomic E-state index is 13.9. The van der Waals surface area contributed by atoms with Gasteiger partial charge in [0.05, 0.1) is 27.0 Å². The second-order valence-electron chi connectivity index (χ2n) is 4.52. The standard InChI is InChI=1S/C14H15BrClFN2O/c1-3-19-11(13(15)8(2)18-19)7-12(20)9-5-4-6-10(16)14(9)17/h4-6,12,20H,3,7H2,1-2H3. The van der Waals surface area contributed by atoms with Crippen molar-refractivity contribution in [1.29, 1.82) is 0 Å². The first kappa shape index (κ1) is 15.5. The van der Waals surface area contributed by atoms with E-state index in [9.17, 15) is 9.50 Å². The maximum Gasteiger partial charge on any atom is 0.147 e. The van der Waals surface area contributed by atoms with Gasteiger partial charge in [0, 0.05) is 18.5 Å². The minimum absolute atomic E-state index is 0.0146. The Morgan fingerprint density at radius 3 is 2.85 bits per heavy atom. The van der Waals surface area contributed by atoms with Crippen LogP contribution in [0, 0.1) is 12.7 Å². The monoisotopic (exact) mass is 360 g/mol. The van der Waals surface area contributed by atoms with Gasteiger partial charge in [-0.05, 0) is 35.8 Å². The van der Waals surface area contributed by atoms with Crippen molar-refractivity contribution in [1.82, 2.24) is 9.78 Å². The quantitative estimate of drug-likeness (QED) is 0.892. The molecule has 1 N–H and O–H groups in total. The number of halogens is 3. The van der Waals surface area contributed by atoms with E-state index in [1.807, 2.05) is 13.8 Å².